The van der Waals surface area contributed by atoms with Gasteiger partial charge in [0, 0.05) is 37.4 Å². The van der Waals surface area contributed by atoms with Gasteiger partial charge in [0.15, 0.2) is 0 Å². The summed E-state index contributed by atoms with van der Waals surface area (Å²) >= 11 is 5.83. The topological polar surface area (TPSA) is 58.4 Å². The molecule has 0 atom stereocenters. The first-order chi connectivity index (χ1) is 9.95. The van der Waals surface area contributed by atoms with E-state index in [4.69, 9.17) is 11.6 Å². The molecule has 1 aromatic carbocycles. The molecule has 0 radical (unpaired) electrons. The van der Waals surface area contributed by atoms with Crippen LogP contribution >= 0.6 is 11.6 Å². The van der Waals surface area contributed by atoms with Gasteiger partial charge in [-0.25, -0.2) is 0 Å². The Morgan fingerprint density at radius 3 is 2.67 bits per heavy atom. The molecule has 21 heavy (non-hydrogen) atoms. The Labute approximate surface area is 130 Å². The fourth-order valence-corrected chi connectivity index (χ4v) is 2.94. The fraction of sp³-hybridized carbons (Fsp3) is 0.600. The van der Waals surface area contributed by atoms with Gasteiger partial charge in [0.05, 0.1) is 4.92 Å². The van der Waals surface area contributed by atoms with E-state index in [2.05, 4.69) is 24.1 Å². The highest BCUT2D eigenvalue weighted by Gasteiger charge is 2.20. The first kappa shape index (κ1) is 16.0. The maximum absolute atomic E-state index is 10.9. The van der Waals surface area contributed by atoms with Crippen LogP contribution in [0.4, 0.5) is 11.4 Å². The minimum Gasteiger partial charge on any atom is -0.382 e. The molecule has 1 heterocycles. The van der Waals surface area contributed by atoms with Gasteiger partial charge in [0.2, 0.25) is 0 Å². The van der Waals surface area contributed by atoms with Gasteiger partial charge >= 0.3 is 0 Å². The van der Waals surface area contributed by atoms with Gasteiger partial charge in [0.25, 0.3) is 5.69 Å². The van der Waals surface area contributed by atoms with E-state index in [9.17, 15) is 10.1 Å². The summed E-state index contributed by atoms with van der Waals surface area (Å²) in [4.78, 5) is 12.9. The lowest BCUT2D eigenvalue weighted by Crippen LogP contribution is -2.40. The van der Waals surface area contributed by atoms with Gasteiger partial charge in [-0.15, -0.1) is 0 Å². The van der Waals surface area contributed by atoms with Crippen molar-refractivity contribution in [3.05, 3.63) is 33.3 Å². The lowest BCUT2D eigenvalue weighted by atomic mass is 10.0. The Bertz CT molecular complexity index is 500. The molecule has 0 saturated carbocycles. The number of likely N-dealkylation sites (tertiary alicyclic amines) is 1. The van der Waals surface area contributed by atoms with Gasteiger partial charge in [-0.1, -0.05) is 25.4 Å². The fourth-order valence-electron chi connectivity index (χ4n) is 2.75. The van der Waals surface area contributed by atoms with Gasteiger partial charge in [0.1, 0.15) is 5.02 Å². The minimum atomic E-state index is -0.446. The second kappa shape index (κ2) is 7.09. The van der Waals surface area contributed by atoms with Crippen molar-refractivity contribution in [2.45, 2.75) is 32.7 Å². The summed E-state index contributed by atoms with van der Waals surface area (Å²) in [5.74, 6) is 0.688. The van der Waals surface area contributed by atoms with Crippen LogP contribution in [0.3, 0.4) is 0 Å². The summed E-state index contributed by atoms with van der Waals surface area (Å²) < 4.78 is 0. The molecule has 1 N–H and O–H groups in total. The van der Waals surface area contributed by atoms with Gasteiger partial charge in [-0.05, 0) is 30.9 Å². The third kappa shape index (κ3) is 4.58. The number of anilines is 1. The van der Waals surface area contributed by atoms with Crippen LogP contribution in [0.25, 0.3) is 0 Å². The zero-order chi connectivity index (χ0) is 15.4. The third-order valence-corrected chi connectivity index (χ3v) is 4.04. The van der Waals surface area contributed by atoms with Crippen molar-refractivity contribution >= 4 is 23.0 Å². The number of hydrogen-bond acceptors (Lipinski definition) is 4. The van der Waals surface area contributed by atoms with Crippen LogP contribution in [0.15, 0.2) is 18.2 Å². The van der Waals surface area contributed by atoms with E-state index >= 15 is 0 Å². The Hall–Kier alpha value is -1.33. The van der Waals surface area contributed by atoms with Crippen molar-refractivity contribution in [1.29, 1.82) is 0 Å². The summed E-state index contributed by atoms with van der Waals surface area (Å²) in [5.41, 5.74) is 0.729. The Kier molecular flexibility index (Phi) is 5.42. The normalized spacial score (nSPS) is 17.1. The van der Waals surface area contributed by atoms with Crippen LogP contribution in [-0.4, -0.2) is 35.5 Å². The number of nitro benzene ring substituents is 1. The number of piperidine rings is 1. The highest BCUT2D eigenvalue weighted by Crippen LogP contribution is 2.28. The highest BCUT2D eigenvalue weighted by molar-refractivity contribution is 6.32. The number of nitrogens with one attached hydrogen (secondary N) is 1. The van der Waals surface area contributed by atoms with Crippen molar-refractivity contribution in [2.24, 2.45) is 5.92 Å². The van der Waals surface area contributed by atoms with Gasteiger partial charge < -0.3 is 10.2 Å². The first-order valence-corrected chi connectivity index (χ1v) is 7.76. The molecule has 6 heteroatoms. The van der Waals surface area contributed by atoms with Crippen molar-refractivity contribution in [2.75, 3.05) is 25.0 Å². The van der Waals surface area contributed by atoms with Crippen LogP contribution in [0.5, 0.6) is 0 Å². The van der Waals surface area contributed by atoms with Crippen molar-refractivity contribution in [3.8, 4) is 0 Å². The molecule has 0 unspecified atom stereocenters. The lowest BCUT2D eigenvalue weighted by Gasteiger charge is -2.33. The van der Waals surface area contributed by atoms with E-state index in [1.165, 1.54) is 6.07 Å². The molecule has 0 aromatic heterocycles. The molecular formula is C15H22ClN3O2. The van der Waals surface area contributed by atoms with Crippen molar-refractivity contribution in [3.63, 3.8) is 0 Å². The summed E-state index contributed by atoms with van der Waals surface area (Å²) in [7, 11) is 0. The maximum Gasteiger partial charge on any atom is 0.289 e. The third-order valence-electron chi connectivity index (χ3n) is 3.72. The smallest absolute Gasteiger partial charge is 0.289 e. The lowest BCUT2D eigenvalue weighted by molar-refractivity contribution is -0.384. The number of benzene rings is 1. The average Bonchev–Trinajstić information content (AvgIpc) is 2.42. The summed E-state index contributed by atoms with van der Waals surface area (Å²) in [6.07, 6.45) is 2.12. The molecule has 0 amide bonds. The van der Waals surface area contributed by atoms with Crippen LogP contribution in [-0.2, 0) is 0 Å². The molecule has 5 nitrogen and oxygen atoms in total. The van der Waals surface area contributed by atoms with E-state index in [0.717, 1.165) is 38.2 Å². The van der Waals surface area contributed by atoms with E-state index in [1.807, 2.05) is 0 Å². The van der Waals surface area contributed by atoms with Gasteiger partial charge in [-0.2, -0.15) is 0 Å². The van der Waals surface area contributed by atoms with E-state index in [-0.39, 0.29) is 10.7 Å². The molecule has 116 valence electrons. The van der Waals surface area contributed by atoms with Crippen LogP contribution in [0.2, 0.25) is 5.02 Å². The SMILES string of the molecule is CC(C)CN1CCC(Nc2ccc(Cl)c([N+](=O)[O-])c2)CC1. The Morgan fingerprint density at radius 1 is 1.43 bits per heavy atom. The van der Waals surface area contributed by atoms with Crippen LogP contribution < -0.4 is 5.32 Å². The molecule has 1 aromatic rings. The molecule has 1 fully saturated rings. The van der Waals surface area contributed by atoms with E-state index < -0.39 is 4.92 Å². The zero-order valence-corrected chi connectivity index (χ0v) is 13.3. The molecule has 0 aliphatic carbocycles. The predicted octanol–water partition coefficient (Wildman–Crippen LogP) is 3.78. The molecule has 1 aliphatic heterocycles. The second-order valence-electron chi connectivity index (χ2n) is 6.04. The number of rotatable bonds is 5. The molecule has 1 aliphatic rings. The van der Waals surface area contributed by atoms with Crippen molar-refractivity contribution in [1.82, 2.24) is 4.90 Å². The summed E-state index contributed by atoms with van der Waals surface area (Å²) in [6, 6.07) is 5.27. The minimum absolute atomic E-state index is 0.0427. The number of halogens is 1. The standard InChI is InChI=1S/C15H22ClN3O2/c1-11(2)10-18-7-5-12(6-8-18)17-13-3-4-14(16)15(9-13)19(20)21/h3-4,9,11-12,17H,5-8,10H2,1-2H3. The molecule has 0 bridgehead atoms. The summed E-state index contributed by atoms with van der Waals surface area (Å²) in [6.45, 7) is 7.75. The van der Waals surface area contributed by atoms with E-state index in [1.54, 1.807) is 12.1 Å². The van der Waals surface area contributed by atoms with Crippen LogP contribution in [0, 0.1) is 16.0 Å². The zero-order valence-electron chi connectivity index (χ0n) is 12.5. The molecule has 0 spiro atoms. The summed E-state index contributed by atoms with van der Waals surface area (Å²) in [5, 5.41) is 14.5. The average molecular weight is 312 g/mol. The maximum atomic E-state index is 10.9. The molecular weight excluding hydrogens is 290 g/mol. The van der Waals surface area contributed by atoms with E-state index in [0.29, 0.717) is 12.0 Å². The number of hydrogen-bond donors (Lipinski definition) is 1. The largest absolute Gasteiger partial charge is 0.382 e. The monoisotopic (exact) mass is 311 g/mol. The molecule has 2 rings (SSSR count). The van der Waals surface area contributed by atoms with Crippen molar-refractivity contribution < 1.29 is 4.92 Å². The van der Waals surface area contributed by atoms with Gasteiger partial charge in [-0.3, -0.25) is 10.1 Å². The molecule has 1 saturated heterocycles. The first-order valence-electron chi connectivity index (χ1n) is 7.38. The second-order valence-corrected chi connectivity index (χ2v) is 6.44. The highest BCUT2D eigenvalue weighted by atomic mass is 35.5. The number of nitrogens with zero attached hydrogens (tertiary/aromatic N) is 2. The Balaban J connectivity index is 1.92. The predicted molar refractivity (Wildman–Crippen MR) is 86.0 cm³/mol. The Morgan fingerprint density at radius 2 is 2.10 bits per heavy atom. The van der Waals surface area contributed by atoms with Crippen LogP contribution in [0.1, 0.15) is 26.7 Å². The number of nitro groups is 1. The quantitative estimate of drug-likeness (QED) is 0.664.